The number of anilines is 2. The van der Waals surface area contributed by atoms with Crippen LogP contribution in [0, 0.1) is 17.7 Å². The molecule has 1 atom stereocenters. The minimum absolute atomic E-state index is 0.0198. The lowest BCUT2D eigenvalue weighted by Crippen LogP contribution is -2.33. The Labute approximate surface area is 216 Å². The number of nitrogens with two attached hydrogens (primary N) is 1. The van der Waals surface area contributed by atoms with Gasteiger partial charge in [0.2, 0.25) is 0 Å². The van der Waals surface area contributed by atoms with E-state index in [-0.39, 0.29) is 10.7 Å². The molecule has 36 heavy (non-hydrogen) atoms. The van der Waals surface area contributed by atoms with Crippen LogP contribution in [0.3, 0.4) is 0 Å². The average molecular weight is 520 g/mol. The minimum atomic E-state index is -0.558. The molecule has 0 saturated carbocycles. The van der Waals surface area contributed by atoms with Gasteiger partial charge in [0.15, 0.2) is 17.3 Å². The highest BCUT2D eigenvalue weighted by molar-refractivity contribution is 6.31. The van der Waals surface area contributed by atoms with E-state index in [1.165, 1.54) is 12.4 Å². The molecule has 1 aromatic heterocycles. The van der Waals surface area contributed by atoms with Crippen molar-refractivity contribution in [2.75, 3.05) is 45.3 Å². The first-order valence-electron chi connectivity index (χ1n) is 12.1. The fraction of sp³-hybridized carbons (Fsp3) is 0.462. The van der Waals surface area contributed by atoms with Crippen molar-refractivity contribution < 1.29 is 18.7 Å². The van der Waals surface area contributed by atoms with Crippen molar-refractivity contribution in [1.29, 1.82) is 0 Å². The van der Waals surface area contributed by atoms with Crippen LogP contribution in [0.2, 0.25) is 5.02 Å². The van der Waals surface area contributed by atoms with Crippen molar-refractivity contribution in [3.05, 3.63) is 47.5 Å². The van der Waals surface area contributed by atoms with Crippen LogP contribution >= 0.6 is 11.6 Å². The molecule has 1 unspecified atom stereocenters. The van der Waals surface area contributed by atoms with Crippen LogP contribution in [0.5, 0.6) is 11.5 Å². The Kier molecular flexibility index (Phi) is 10.5. The number of ether oxygens (including phenoxy) is 2. The van der Waals surface area contributed by atoms with E-state index in [2.05, 4.69) is 36.1 Å². The molecule has 196 valence electrons. The molecule has 0 spiro atoms. The van der Waals surface area contributed by atoms with Gasteiger partial charge < -0.3 is 20.5 Å². The number of hydrogen-bond acceptors (Lipinski definition) is 8. The average Bonchev–Trinajstić information content (AvgIpc) is 2.87. The normalized spacial score (nSPS) is 12.4. The molecule has 0 aliphatic carbocycles. The van der Waals surface area contributed by atoms with E-state index in [0.717, 1.165) is 13.0 Å². The molecule has 3 N–H and O–H groups in total. The van der Waals surface area contributed by atoms with Crippen LogP contribution < -0.4 is 20.5 Å². The molecule has 0 saturated heterocycles. The lowest BCUT2D eigenvalue weighted by atomic mass is 9.95. The van der Waals surface area contributed by atoms with Crippen molar-refractivity contribution in [3.8, 4) is 11.5 Å². The van der Waals surface area contributed by atoms with E-state index in [1.54, 1.807) is 31.4 Å². The number of hydroxylamine groups is 2. The number of aromatic nitrogens is 2. The lowest BCUT2D eigenvalue weighted by molar-refractivity contribution is -0.164. The fourth-order valence-electron chi connectivity index (χ4n) is 3.55. The first-order chi connectivity index (χ1) is 17.3. The second-order valence-corrected chi connectivity index (χ2v) is 9.29. The Morgan fingerprint density at radius 1 is 1.11 bits per heavy atom. The van der Waals surface area contributed by atoms with E-state index < -0.39 is 5.82 Å². The van der Waals surface area contributed by atoms with E-state index in [1.807, 2.05) is 5.06 Å². The van der Waals surface area contributed by atoms with Gasteiger partial charge in [-0.3, -0.25) is 4.84 Å². The maximum absolute atomic E-state index is 14.4. The maximum atomic E-state index is 14.4. The smallest absolute Gasteiger partial charge is 0.165 e. The van der Waals surface area contributed by atoms with Gasteiger partial charge in [-0.1, -0.05) is 38.4 Å². The summed E-state index contributed by atoms with van der Waals surface area (Å²) in [5.74, 6) is 2.09. The van der Waals surface area contributed by atoms with E-state index in [4.69, 9.17) is 31.6 Å². The molecule has 3 aromatic rings. The van der Waals surface area contributed by atoms with Crippen molar-refractivity contribution >= 4 is 34.0 Å². The number of nitrogens with zero attached hydrogens (tertiary/aromatic N) is 3. The summed E-state index contributed by atoms with van der Waals surface area (Å²) >= 11 is 5.92. The third-order valence-corrected chi connectivity index (χ3v) is 6.38. The predicted octanol–water partition coefficient (Wildman–Crippen LogP) is 5.43. The quantitative estimate of drug-likeness (QED) is 0.215. The van der Waals surface area contributed by atoms with Crippen molar-refractivity contribution in [2.24, 2.45) is 17.6 Å². The highest BCUT2D eigenvalue weighted by Gasteiger charge is 2.15. The van der Waals surface area contributed by atoms with Gasteiger partial charge in [0.1, 0.15) is 25.4 Å². The van der Waals surface area contributed by atoms with E-state index >= 15 is 0 Å². The van der Waals surface area contributed by atoms with Crippen LogP contribution in [0.15, 0.2) is 36.7 Å². The zero-order valence-electron chi connectivity index (χ0n) is 21.3. The number of nitrogens with one attached hydrogen (secondary N) is 1. The molecule has 0 aliphatic heterocycles. The molecule has 0 fully saturated rings. The summed E-state index contributed by atoms with van der Waals surface area (Å²) in [4.78, 5) is 14.5. The van der Waals surface area contributed by atoms with Crippen LogP contribution in [0.25, 0.3) is 10.9 Å². The second-order valence-electron chi connectivity index (χ2n) is 8.88. The Morgan fingerprint density at radius 3 is 2.64 bits per heavy atom. The minimum Gasteiger partial charge on any atom is -0.493 e. The van der Waals surface area contributed by atoms with Gasteiger partial charge in [0.25, 0.3) is 0 Å². The number of benzene rings is 2. The van der Waals surface area contributed by atoms with Crippen LogP contribution in [-0.2, 0) is 4.84 Å². The van der Waals surface area contributed by atoms with Crippen molar-refractivity contribution in [1.82, 2.24) is 15.0 Å². The molecule has 3 rings (SSSR count). The van der Waals surface area contributed by atoms with Gasteiger partial charge >= 0.3 is 0 Å². The molecule has 1 heterocycles. The molecule has 2 aromatic carbocycles. The standard InChI is InChI=1S/C26H35ClFN5O3/c1-17(2)18(3)8-10-33(11-9-29)36-13-12-35-24-14-19-22(15-23(24)34-4)30-16-31-26(19)32-21-7-5-6-20(27)25(21)28/h5-7,14-18H,8-13,29H2,1-4H3,(H,30,31,32). The Morgan fingerprint density at radius 2 is 1.92 bits per heavy atom. The Bertz CT molecular complexity index is 1130. The van der Waals surface area contributed by atoms with Crippen LogP contribution in [-0.4, -0.2) is 55.0 Å². The van der Waals surface area contributed by atoms with Gasteiger partial charge in [0.05, 0.1) is 23.3 Å². The van der Waals surface area contributed by atoms with Gasteiger partial charge in [-0.05, 0) is 36.5 Å². The third kappa shape index (κ3) is 7.39. The van der Waals surface area contributed by atoms with Crippen molar-refractivity contribution in [2.45, 2.75) is 27.2 Å². The highest BCUT2D eigenvalue weighted by Crippen LogP contribution is 2.35. The third-order valence-electron chi connectivity index (χ3n) is 6.09. The van der Waals surface area contributed by atoms with Crippen LogP contribution in [0.4, 0.5) is 15.9 Å². The summed E-state index contributed by atoms with van der Waals surface area (Å²) in [6.45, 7) is 9.30. The predicted molar refractivity (Wildman–Crippen MR) is 141 cm³/mol. The summed E-state index contributed by atoms with van der Waals surface area (Å²) in [6, 6.07) is 8.24. The molecular weight excluding hydrogens is 485 g/mol. The zero-order valence-corrected chi connectivity index (χ0v) is 22.0. The topological polar surface area (TPSA) is 94.8 Å². The Hall–Kier alpha value is -2.72. The zero-order chi connectivity index (χ0) is 26.1. The summed E-state index contributed by atoms with van der Waals surface area (Å²) in [5.41, 5.74) is 6.57. The fourth-order valence-corrected chi connectivity index (χ4v) is 3.72. The van der Waals surface area contributed by atoms with Gasteiger partial charge in [0, 0.05) is 31.1 Å². The number of fused-ring (bicyclic) bond motifs is 1. The van der Waals surface area contributed by atoms with Gasteiger partial charge in [-0.15, -0.1) is 0 Å². The van der Waals surface area contributed by atoms with Gasteiger partial charge in [-0.2, -0.15) is 5.06 Å². The molecule has 0 bridgehead atoms. The summed E-state index contributed by atoms with van der Waals surface area (Å²) < 4.78 is 25.9. The summed E-state index contributed by atoms with van der Waals surface area (Å²) in [6.07, 6.45) is 2.42. The first kappa shape index (κ1) is 27.9. The lowest BCUT2D eigenvalue weighted by Gasteiger charge is -2.24. The number of hydrogen-bond donors (Lipinski definition) is 2. The molecule has 0 radical (unpaired) electrons. The molecule has 0 amide bonds. The molecule has 10 heteroatoms. The molecule has 8 nitrogen and oxygen atoms in total. The Balaban J connectivity index is 1.70. The number of halogens is 2. The van der Waals surface area contributed by atoms with Crippen molar-refractivity contribution in [3.63, 3.8) is 0 Å². The molecule has 0 aliphatic rings. The first-order valence-corrected chi connectivity index (χ1v) is 12.5. The summed E-state index contributed by atoms with van der Waals surface area (Å²) in [5, 5.41) is 5.56. The van der Waals surface area contributed by atoms with E-state index in [9.17, 15) is 4.39 Å². The number of rotatable bonds is 14. The number of methoxy groups -OCH3 is 1. The van der Waals surface area contributed by atoms with Crippen LogP contribution in [0.1, 0.15) is 27.2 Å². The monoisotopic (exact) mass is 519 g/mol. The SMILES string of the molecule is COc1cc2ncnc(Nc3cccc(Cl)c3F)c2cc1OCCON(CCN)CCC(C)C(C)C. The maximum Gasteiger partial charge on any atom is 0.165 e. The highest BCUT2D eigenvalue weighted by atomic mass is 35.5. The second kappa shape index (κ2) is 13.5. The largest absolute Gasteiger partial charge is 0.493 e. The van der Waals surface area contributed by atoms with E-state index in [0.29, 0.717) is 66.4 Å². The summed E-state index contributed by atoms with van der Waals surface area (Å²) in [7, 11) is 1.56. The molecular formula is C26H35ClFN5O3. The van der Waals surface area contributed by atoms with Gasteiger partial charge in [-0.25, -0.2) is 14.4 Å².